The Labute approximate surface area is 123 Å². The molecule has 2 N–H and O–H groups in total. The number of nitrogen functional groups attached to an aromatic ring is 1. The van der Waals surface area contributed by atoms with Crippen LogP contribution in [0.1, 0.15) is 24.8 Å². The van der Waals surface area contributed by atoms with Crippen molar-refractivity contribution in [2.75, 3.05) is 18.6 Å². The van der Waals surface area contributed by atoms with Crippen LogP contribution in [-0.4, -0.2) is 18.8 Å². The average Bonchev–Trinajstić information content (AvgIpc) is 3.20. The van der Waals surface area contributed by atoms with Gasteiger partial charge in [0.15, 0.2) is 0 Å². The van der Waals surface area contributed by atoms with Crippen molar-refractivity contribution in [1.82, 2.24) is 0 Å². The number of ether oxygens (including phenoxy) is 1. The fraction of sp³-hybridized carbons (Fsp3) is 0.467. The molecule has 0 saturated heterocycles. The Hall–Kier alpha value is -1.67. The smallest absolute Gasteiger partial charge is 0.306 e. The third kappa shape index (κ3) is 3.67. The summed E-state index contributed by atoms with van der Waals surface area (Å²) in [5, 5.41) is 8.77. The molecule has 1 aliphatic rings. The molecule has 5 heteroatoms. The van der Waals surface area contributed by atoms with Gasteiger partial charge in [-0.05, 0) is 42.0 Å². The summed E-state index contributed by atoms with van der Waals surface area (Å²) in [6.45, 7) is 0. The maximum atomic E-state index is 11.4. The van der Waals surface area contributed by atoms with Crippen molar-refractivity contribution >= 4 is 23.4 Å². The summed E-state index contributed by atoms with van der Waals surface area (Å²) < 4.78 is 4.74. The van der Waals surface area contributed by atoms with Gasteiger partial charge in [0.2, 0.25) is 0 Å². The monoisotopic (exact) mass is 290 g/mol. The minimum atomic E-state index is -0.134. The summed E-state index contributed by atoms with van der Waals surface area (Å²) in [6, 6.07) is 7.90. The number of esters is 1. The van der Waals surface area contributed by atoms with Gasteiger partial charge in [-0.25, -0.2) is 0 Å². The van der Waals surface area contributed by atoms with Crippen molar-refractivity contribution < 1.29 is 9.53 Å². The van der Waals surface area contributed by atoms with E-state index in [9.17, 15) is 4.79 Å². The van der Waals surface area contributed by atoms with Gasteiger partial charge in [0.1, 0.15) is 0 Å². The quantitative estimate of drug-likeness (QED) is 0.495. The Morgan fingerprint density at radius 2 is 2.30 bits per heavy atom. The first-order chi connectivity index (χ1) is 9.58. The first kappa shape index (κ1) is 14.7. The van der Waals surface area contributed by atoms with E-state index in [-0.39, 0.29) is 11.4 Å². The highest BCUT2D eigenvalue weighted by molar-refractivity contribution is 7.99. The molecule has 0 spiro atoms. The summed E-state index contributed by atoms with van der Waals surface area (Å²) in [5.74, 6) is 0.767. The van der Waals surface area contributed by atoms with Gasteiger partial charge in [0, 0.05) is 16.3 Å². The fourth-order valence-corrected chi connectivity index (χ4v) is 3.33. The van der Waals surface area contributed by atoms with Crippen LogP contribution in [0.25, 0.3) is 0 Å². The first-order valence-corrected chi connectivity index (χ1v) is 7.52. The van der Waals surface area contributed by atoms with Gasteiger partial charge >= 0.3 is 5.97 Å². The van der Waals surface area contributed by atoms with Crippen LogP contribution in [0, 0.1) is 16.7 Å². The maximum absolute atomic E-state index is 11.4. The van der Waals surface area contributed by atoms with E-state index in [2.05, 4.69) is 6.07 Å². The maximum Gasteiger partial charge on any atom is 0.306 e. The molecule has 1 aromatic carbocycles. The Morgan fingerprint density at radius 3 is 2.90 bits per heavy atom. The van der Waals surface area contributed by atoms with Crippen molar-refractivity contribution in [3.63, 3.8) is 0 Å². The van der Waals surface area contributed by atoms with Crippen LogP contribution < -0.4 is 5.73 Å². The molecule has 0 aromatic heterocycles. The Bertz CT molecular complexity index is 547. The van der Waals surface area contributed by atoms with Crippen LogP contribution >= 0.6 is 11.8 Å². The lowest BCUT2D eigenvalue weighted by Crippen LogP contribution is -2.13. The third-order valence-electron chi connectivity index (χ3n) is 3.63. The lowest BCUT2D eigenvalue weighted by atomic mass is 10.1. The van der Waals surface area contributed by atoms with Crippen molar-refractivity contribution in [1.29, 1.82) is 5.26 Å². The summed E-state index contributed by atoms with van der Waals surface area (Å²) >= 11 is 1.72. The van der Waals surface area contributed by atoms with Crippen LogP contribution in [-0.2, 0) is 16.0 Å². The second-order valence-corrected chi connectivity index (χ2v) is 6.29. The van der Waals surface area contributed by atoms with Gasteiger partial charge in [-0.3, -0.25) is 4.79 Å². The minimum absolute atomic E-state index is 0.106. The molecule has 4 nitrogen and oxygen atoms in total. The zero-order chi connectivity index (χ0) is 14.6. The molecule has 0 bridgehead atoms. The molecular formula is C15H18N2O2S. The van der Waals surface area contributed by atoms with Gasteiger partial charge in [-0.15, -0.1) is 11.8 Å². The van der Waals surface area contributed by atoms with Crippen molar-refractivity contribution in [3.8, 4) is 6.07 Å². The average molecular weight is 290 g/mol. The van der Waals surface area contributed by atoms with E-state index in [1.807, 2.05) is 18.2 Å². The Morgan fingerprint density at radius 1 is 1.55 bits per heavy atom. The van der Waals surface area contributed by atoms with Crippen LogP contribution in [0.3, 0.4) is 0 Å². The number of rotatable bonds is 6. The SMILES string of the molecule is COC(=O)CC1(CSc2ccc(N)c(CC#N)c2)CC1. The second-order valence-electron chi connectivity index (χ2n) is 5.24. The highest BCUT2D eigenvalue weighted by atomic mass is 32.2. The molecule has 1 saturated carbocycles. The second kappa shape index (κ2) is 6.19. The molecule has 0 unspecified atom stereocenters. The Kier molecular flexibility index (Phi) is 4.56. The molecular weight excluding hydrogens is 272 g/mol. The van der Waals surface area contributed by atoms with Gasteiger partial charge < -0.3 is 10.5 Å². The number of nitrogens with two attached hydrogens (primary N) is 1. The number of methoxy groups -OCH3 is 1. The Balaban J connectivity index is 1.96. The number of nitrogens with zero attached hydrogens (tertiary/aromatic N) is 1. The number of benzene rings is 1. The van der Waals surface area contributed by atoms with Crippen molar-refractivity contribution in [2.45, 2.75) is 30.6 Å². The van der Waals surface area contributed by atoms with Crippen LogP contribution in [0.15, 0.2) is 23.1 Å². The number of hydrogen-bond acceptors (Lipinski definition) is 5. The van der Waals surface area contributed by atoms with E-state index in [0.29, 0.717) is 18.5 Å². The van der Waals surface area contributed by atoms with E-state index >= 15 is 0 Å². The number of hydrogen-bond donors (Lipinski definition) is 1. The number of carbonyl (C=O) groups is 1. The summed E-state index contributed by atoms with van der Waals surface area (Å²) in [7, 11) is 1.43. The predicted octanol–water partition coefficient (Wildman–Crippen LogP) is 2.77. The fourth-order valence-electron chi connectivity index (χ4n) is 2.07. The van der Waals surface area contributed by atoms with Gasteiger partial charge in [-0.1, -0.05) is 0 Å². The highest BCUT2D eigenvalue weighted by Gasteiger charge is 2.44. The molecule has 0 atom stereocenters. The van der Waals surface area contributed by atoms with E-state index in [1.54, 1.807) is 11.8 Å². The molecule has 0 heterocycles. The van der Waals surface area contributed by atoms with E-state index in [4.69, 9.17) is 15.7 Å². The molecule has 2 rings (SSSR count). The molecule has 0 amide bonds. The van der Waals surface area contributed by atoms with E-state index in [0.717, 1.165) is 29.1 Å². The third-order valence-corrected chi connectivity index (χ3v) is 4.98. The normalized spacial score (nSPS) is 15.4. The molecule has 0 radical (unpaired) electrons. The largest absolute Gasteiger partial charge is 0.469 e. The molecule has 0 aliphatic heterocycles. The minimum Gasteiger partial charge on any atom is -0.469 e. The predicted molar refractivity (Wildman–Crippen MR) is 79.2 cm³/mol. The summed E-state index contributed by atoms with van der Waals surface area (Å²) in [4.78, 5) is 12.5. The summed E-state index contributed by atoms with van der Waals surface area (Å²) in [5.41, 5.74) is 7.47. The molecule has 1 aliphatic carbocycles. The number of nitriles is 1. The van der Waals surface area contributed by atoms with E-state index < -0.39 is 0 Å². The van der Waals surface area contributed by atoms with Crippen molar-refractivity contribution in [3.05, 3.63) is 23.8 Å². The standard InChI is InChI=1S/C15H18N2O2S/c1-19-14(18)9-15(5-6-15)10-20-12-2-3-13(17)11(8-12)4-7-16/h2-3,8H,4-6,9-10,17H2,1H3. The molecule has 1 aromatic rings. The lowest BCUT2D eigenvalue weighted by molar-refractivity contribution is -0.141. The first-order valence-electron chi connectivity index (χ1n) is 6.53. The van der Waals surface area contributed by atoms with Gasteiger partial charge in [-0.2, -0.15) is 5.26 Å². The molecule has 106 valence electrons. The number of thioether (sulfide) groups is 1. The van der Waals surface area contributed by atoms with Crippen LogP contribution in [0.5, 0.6) is 0 Å². The topological polar surface area (TPSA) is 76.1 Å². The summed E-state index contributed by atoms with van der Waals surface area (Å²) in [6.07, 6.45) is 2.98. The molecule has 20 heavy (non-hydrogen) atoms. The lowest BCUT2D eigenvalue weighted by Gasteiger charge is -2.13. The highest BCUT2D eigenvalue weighted by Crippen LogP contribution is 2.52. The van der Waals surface area contributed by atoms with Crippen molar-refractivity contribution in [2.24, 2.45) is 5.41 Å². The van der Waals surface area contributed by atoms with Crippen LogP contribution in [0.2, 0.25) is 0 Å². The molecule has 1 fully saturated rings. The van der Waals surface area contributed by atoms with Crippen LogP contribution in [0.4, 0.5) is 5.69 Å². The van der Waals surface area contributed by atoms with Gasteiger partial charge in [0.25, 0.3) is 0 Å². The van der Waals surface area contributed by atoms with Gasteiger partial charge in [0.05, 0.1) is 26.0 Å². The number of carbonyl (C=O) groups excluding carboxylic acids is 1. The number of anilines is 1. The van der Waals surface area contributed by atoms with E-state index in [1.165, 1.54) is 7.11 Å². The zero-order valence-corrected chi connectivity index (χ0v) is 12.3. The zero-order valence-electron chi connectivity index (χ0n) is 11.5.